The highest BCUT2D eigenvalue weighted by molar-refractivity contribution is 5.95. The number of amides is 2. The van der Waals surface area contributed by atoms with Gasteiger partial charge in [-0.15, -0.1) is 0 Å². The summed E-state index contributed by atoms with van der Waals surface area (Å²) in [7, 11) is 3.41. The van der Waals surface area contributed by atoms with Crippen molar-refractivity contribution in [2.24, 2.45) is 7.05 Å². The fraction of sp³-hybridized carbons (Fsp3) is 0.421. The van der Waals surface area contributed by atoms with Gasteiger partial charge in [-0.3, -0.25) is 19.2 Å². The summed E-state index contributed by atoms with van der Waals surface area (Å²) in [5.41, 5.74) is 3.03. The molecule has 0 radical (unpaired) electrons. The second-order valence-corrected chi connectivity index (χ2v) is 6.30. The number of nitrogens with zero attached hydrogens (tertiary/aromatic N) is 3. The Morgan fingerprint density at radius 2 is 1.85 bits per heavy atom. The summed E-state index contributed by atoms with van der Waals surface area (Å²) in [5, 5.41) is 10.00. The van der Waals surface area contributed by atoms with Crippen LogP contribution in [0.15, 0.2) is 24.3 Å². The van der Waals surface area contributed by atoms with Crippen LogP contribution in [0, 0.1) is 13.8 Å². The SMILES string of the molecule is CCN(CC(=O)Nc1cccc(OC)c1)CC(=O)Nc1c(C)nn(C)c1C. The molecule has 0 saturated heterocycles. The van der Waals surface area contributed by atoms with Gasteiger partial charge in [-0.2, -0.15) is 5.10 Å². The molecular formula is C19H27N5O3. The Kier molecular flexibility index (Phi) is 6.95. The summed E-state index contributed by atoms with van der Waals surface area (Å²) in [6.45, 7) is 6.47. The van der Waals surface area contributed by atoms with E-state index >= 15 is 0 Å². The number of likely N-dealkylation sites (N-methyl/N-ethyl adjacent to an activating group) is 1. The maximum atomic E-state index is 12.4. The lowest BCUT2D eigenvalue weighted by molar-refractivity contribution is -0.119. The number of aromatic nitrogens is 2. The molecule has 0 aliphatic rings. The maximum absolute atomic E-state index is 12.4. The van der Waals surface area contributed by atoms with Crippen molar-refractivity contribution in [3.05, 3.63) is 35.7 Å². The summed E-state index contributed by atoms with van der Waals surface area (Å²) >= 11 is 0. The molecule has 146 valence electrons. The highest BCUT2D eigenvalue weighted by Crippen LogP contribution is 2.18. The molecule has 0 aliphatic heterocycles. The largest absolute Gasteiger partial charge is 0.497 e. The number of aryl methyl sites for hydroxylation is 2. The number of hydrogen-bond acceptors (Lipinski definition) is 5. The second kappa shape index (κ2) is 9.18. The molecule has 0 unspecified atom stereocenters. The monoisotopic (exact) mass is 373 g/mol. The van der Waals surface area contributed by atoms with Crippen LogP contribution in [0.5, 0.6) is 5.75 Å². The van der Waals surface area contributed by atoms with Crippen molar-refractivity contribution in [2.75, 3.05) is 37.4 Å². The van der Waals surface area contributed by atoms with Crippen LogP contribution in [0.25, 0.3) is 0 Å². The van der Waals surface area contributed by atoms with Gasteiger partial charge in [0.05, 0.1) is 37.3 Å². The van der Waals surface area contributed by atoms with Crippen LogP contribution in [-0.2, 0) is 16.6 Å². The van der Waals surface area contributed by atoms with Gasteiger partial charge in [0.25, 0.3) is 0 Å². The lowest BCUT2D eigenvalue weighted by atomic mass is 10.3. The first kappa shape index (κ1) is 20.4. The van der Waals surface area contributed by atoms with E-state index in [2.05, 4.69) is 15.7 Å². The van der Waals surface area contributed by atoms with Gasteiger partial charge >= 0.3 is 0 Å². The van der Waals surface area contributed by atoms with Crippen LogP contribution >= 0.6 is 0 Å². The molecule has 8 heteroatoms. The summed E-state index contributed by atoms with van der Waals surface area (Å²) in [5.74, 6) is 0.304. The van der Waals surface area contributed by atoms with Crippen molar-refractivity contribution in [2.45, 2.75) is 20.8 Å². The van der Waals surface area contributed by atoms with Gasteiger partial charge in [0.2, 0.25) is 11.8 Å². The quantitative estimate of drug-likeness (QED) is 0.738. The van der Waals surface area contributed by atoms with Gasteiger partial charge in [-0.05, 0) is 32.5 Å². The number of hydrogen-bond donors (Lipinski definition) is 2. The van der Waals surface area contributed by atoms with E-state index in [0.717, 1.165) is 17.1 Å². The fourth-order valence-electron chi connectivity index (χ4n) is 2.72. The van der Waals surface area contributed by atoms with Crippen LogP contribution < -0.4 is 15.4 Å². The molecule has 27 heavy (non-hydrogen) atoms. The highest BCUT2D eigenvalue weighted by atomic mass is 16.5. The number of benzene rings is 1. The van der Waals surface area contributed by atoms with Gasteiger partial charge < -0.3 is 15.4 Å². The van der Waals surface area contributed by atoms with E-state index in [-0.39, 0.29) is 24.9 Å². The van der Waals surface area contributed by atoms with E-state index in [1.54, 1.807) is 41.0 Å². The van der Waals surface area contributed by atoms with Crippen molar-refractivity contribution in [3.63, 3.8) is 0 Å². The summed E-state index contributed by atoms with van der Waals surface area (Å²) < 4.78 is 6.87. The van der Waals surface area contributed by atoms with E-state index in [4.69, 9.17) is 4.74 Å². The topological polar surface area (TPSA) is 88.5 Å². The predicted octanol–water partition coefficient (Wildman–Crippen LogP) is 1.94. The Morgan fingerprint density at radius 3 is 2.41 bits per heavy atom. The minimum Gasteiger partial charge on any atom is -0.497 e. The van der Waals surface area contributed by atoms with Gasteiger partial charge in [0.1, 0.15) is 5.75 Å². The van der Waals surface area contributed by atoms with Crippen LogP contribution in [0.3, 0.4) is 0 Å². The Bertz CT molecular complexity index is 816. The third-order valence-corrected chi connectivity index (χ3v) is 4.31. The molecule has 0 atom stereocenters. The zero-order chi connectivity index (χ0) is 20.0. The predicted molar refractivity (Wildman–Crippen MR) is 105 cm³/mol. The lowest BCUT2D eigenvalue weighted by Crippen LogP contribution is -2.38. The lowest BCUT2D eigenvalue weighted by Gasteiger charge is -2.19. The van der Waals surface area contributed by atoms with E-state index in [1.165, 1.54) is 0 Å². The van der Waals surface area contributed by atoms with E-state index in [0.29, 0.717) is 18.0 Å². The third-order valence-electron chi connectivity index (χ3n) is 4.31. The molecule has 8 nitrogen and oxygen atoms in total. The van der Waals surface area contributed by atoms with Gasteiger partial charge in [0, 0.05) is 18.8 Å². The Labute approximate surface area is 159 Å². The molecule has 2 N–H and O–H groups in total. The number of carbonyl (C=O) groups is 2. The van der Waals surface area contributed by atoms with Gasteiger partial charge in [-0.25, -0.2) is 0 Å². The first-order valence-electron chi connectivity index (χ1n) is 8.80. The smallest absolute Gasteiger partial charge is 0.238 e. The molecule has 2 rings (SSSR count). The number of nitrogens with one attached hydrogen (secondary N) is 2. The minimum atomic E-state index is -0.188. The maximum Gasteiger partial charge on any atom is 0.238 e. The van der Waals surface area contributed by atoms with Crippen molar-refractivity contribution in [3.8, 4) is 5.75 Å². The second-order valence-electron chi connectivity index (χ2n) is 6.30. The van der Waals surface area contributed by atoms with Crippen molar-refractivity contribution in [1.82, 2.24) is 14.7 Å². The van der Waals surface area contributed by atoms with E-state index in [9.17, 15) is 9.59 Å². The first-order chi connectivity index (χ1) is 12.8. The first-order valence-corrected chi connectivity index (χ1v) is 8.80. The molecular weight excluding hydrogens is 346 g/mol. The van der Waals surface area contributed by atoms with Crippen molar-refractivity contribution >= 4 is 23.2 Å². The molecule has 1 aromatic heterocycles. The molecule has 0 aliphatic carbocycles. The molecule has 2 amide bonds. The number of carbonyl (C=O) groups excluding carboxylic acids is 2. The highest BCUT2D eigenvalue weighted by Gasteiger charge is 2.16. The van der Waals surface area contributed by atoms with E-state index in [1.807, 2.05) is 27.8 Å². The number of ether oxygens (including phenoxy) is 1. The molecule has 0 fully saturated rings. The normalized spacial score (nSPS) is 10.7. The molecule has 0 spiro atoms. The average Bonchev–Trinajstić information content (AvgIpc) is 2.87. The molecule has 0 saturated carbocycles. The molecule has 2 aromatic rings. The Morgan fingerprint density at radius 1 is 1.19 bits per heavy atom. The molecule has 1 aromatic carbocycles. The van der Waals surface area contributed by atoms with Crippen LogP contribution in [0.4, 0.5) is 11.4 Å². The Balaban J connectivity index is 1.92. The Hall–Kier alpha value is -2.87. The zero-order valence-corrected chi connectivity index (χ0v) is 16.5. The molecule has 1 heterocycles. The van der Waals surface area contributed by atoms with E-state index < -0.39 is 0 Å². The van der Waals surface area contributed by atoms with Crippen LogP contribution in [0.2, 0.25) is 0 Å². The van der Waals surface area contributed by atoms with Gasteiger partial charge in [0.15, 0.2) is 0 Å². The fourth-order valence-corrected chi connectivity index (χ4v) is 2.72. The zero-order valence-electron chi connectivity index (χ0n) is 16.5. The summed E-state index contributed by atoms with van der Waals surface area (Å²) in [4.78, 5) is 26.4. The standard InChI is InChI=1S/C19H27N5O3/c1-6-24(11-17(25)20-15-8-7-9-16(10-15)27-5)12-18(26)21-19-13(2)22-23(4)14(19)3/h7-10H,6,11-12H2,1-5H3,(H,20,25)(H,21,26). The molecule has 0 bridgehead atoms. The number of rotatable bonds is 8. The summed E-state index contributed by atoms with van der Waals surface area (Å²) in [6.07, 6.45) is 0. The number of methoxy groups -OCH3 is 1. The van der Waals surface area contributed by atoms with Gasteiger partial charge in [-0.1, -0.05) is 13.0 Å². The van der Waals surface area contributed by atoms with Crippen molar-refractivity contribution < 1.29 is 14.3 Å². The summed E-state index contributed by atoms with van der Waals surface area (Å²) in [6, 6.07) is 7.14. The third kappa shape index (κ3) is 5.55. The average molecular weight is 373 g/mol. The van der Waals surface area contributed by atoms with Crippen molar-refractivity contribution in [1.29, 1.82) is 0 Å². The minimum absolute atomic E-state index is 0.117. The van der Waals surface area contributed by atoms with Crippen LogP contribution in [-0.4, -0.2) is 53.2 Å². The van der Waals surface area contributed by atoms with Crippen LogP contribution in [0.1, 0.15) is 18.3 Å². The number of anilines is 2.